The Bertz CT molecular complexity index is 1590. The summed E-state index contributed by atoms with van der Waals surface area (Å²) in [5, 5.41) is 208. The fourth-order valence-electron chi connectivity index (χ4n) is 8.67. The fourth-order valence-corrected chi connectivity index (χ4v) is 8.67. The first-order valence-corrected chi connectivity index (χ1v) is 21.0. The molecule has 6 saturated heterocycles. The highest BCUT2D eigenvalue weighted by molar-refractivity contribution is 5.04. The minimum atomic E-state index is -2.62. The van der Waals surface area contributed by atoms with Gasteiger partial charge in [0.1, 0.15) is 149 Å². The predicted octanol–water partition coefficient (Wildman–Crippen LogP) is -14.1. The molecule has 0 aromatic heterocycles. The Balaban J connectivity index is 1.05. The molecule has 6 rings (SSSR count). The monoisotopic (exact) mass is 990 g/mol. The Morgan fingerprint density at radius 1 is 0.299 bits per heavy atom. The highest BCUT2D eigenvalue weighted by Crippen LogP contribution is 2.42. The molecule has 0 spiro atoms. The van der Waals surface area contributed by atoms with E-state index in [-0.39, 0.29) is 0 Å². The van der Waals surface area contributed by atoms with Crippen LogP contribution in [0.3, 0.4) is 0 Å². The molecule has 0 aliphatic carbocycles. The lowest BCUT2D eigenvalue weighted by Crippen LogP contribution is -2.62. The molecule has 20 N–H and O–H groups in total. The van der Waals surface area contributed by atoms with Gasteiger partial charge in [0.2, 0.25) is 28.9 Å². The number of hydrogen-bond acceptors (Lipinski definition) is 31. The Labute approximate surface area is 378 Å². The average molecular weight is 991 g/mol. The lowest BCUT2D eigenvalue weighted by Gasteiger charge is -2.43. The fraction of sp³-hybridized carbons (Fsp3) is 1.00. The zero-order chi connectivity index (χ0) is 49.6. The number of aliphatic hydroxyl groups is 20. The van der Waals surface area contributed by atoms with Crippen molar-refractivity contribution < 1.29 is 154 Å². The highest BCUT2D eigenvalue weighted by Gasteiger charge is 2.64. The molecule has 6 aliphatic rings. The topological polar surface area (TPSA) is 506 Å². The number of ether oxygens (including phenoxy) is 11. The number of hydrogen-bond donors (Lipinski definition) is 20. The van der Waals surface area contributed by atoms with Crippen molar-refractivity contribution in [1.29, 1.82) is 0 Å². The zero-order valence-corrected chi connectivity index (χ0v) is 35.3. The second-order valence-electron chi connectivity index (χ2n) is 17.1. The summed E-state index contributed by atoms with van der Waals surface area (Å²) >= 11 is 0. The summed E-state index contributed by atoms with van der Waals surface area (Å²) in [6.45, 7) is -11.1. The normalized spacial score (nSPS) is 52.5. The number of aliphatic hydroxyl groups excluding tert-OH is 20. The van der Waals surface area contributed by atoms with Crippen molar-refractivity contribution in [1.82, 2.24) is 0 Å². The van der Waals surface area contributed by atoms with Gasteiger partial charge in [-0.25, -0.2) is 0 Å². The lowest BCUT2D eigenvalue weighted by atomic mass is 9.99. The molecular formula is C36H62O31. The third-order valence-electron chi connectivity index (χ3n) is 12.9. The Hall–Kier alpha value is -1.24. The summed E-state index contributed by atoms with van der Waals surface area (Å²) in [5.41, 5.74) is 0. The van der Waals surface area contributed by atoms with Crippen LogP contribution in [0.4, 0.5) is 0 Å². The molecule has 67 heavy (non-hydrogen) atoms. The second kappa shape index (κ2) is 21.5. The first-order chi connectivity index (χ1) is 31.6. The van der Waals surface area contributed by atoms with Crippen LogP contribution < -0.4 is 0 Å². The summed E-state index contributed by atoms with van der Waals surface area (Å²) in [6.07, 6.45) is -37.2. The molecule has 6 aliphatic heterocycles. The van der Waals surface area contributed by atoms with Crippen LogP contribution in [0.1, 0.15) is 0 Å². The first-order valence-electron chi connectivity index (χ1n) is 21.0. The van der Waals surface area contributed by atoms with E-state index in [1.807, 2.05) is 0 Å². The summed E-state index contributed by atoms with van der Waals surface area (Å²) < 4.78 is 60.6. The molecule has 0 aromatic rings. The third kappa shape index (κ3) is 9.75. The van der Waals surface area contributed by atoms with E-state index in [1.165, 1.54) is 0 Å². The molecule has 6 fully saturated rings. The van der Waals surface area contributed by atoms with Crippen LogP contribution in [0.5, 0.6) is 0 Å². The van der Waals surface area contributed by atoms with Crippen LogP contribution in [0.2, 0.25) is 0 Å². The average Bonchev–Trinajstić information content (AvgIpc) is 4.00. The Morgan fingerprint density at radius 3 is 0.851 bits per heavy atom. The van der Waals surface area contributed by atoms with Crippen molar-refractivity contribution in [2.24, 2.45) is 0 Å². The lowest BCUT2D eigenvalue weighted by molar-refractivity contribution is -0.385. The van der Waals surface area contributed by atoms with Gasteiger partial charge in [0.05, 0.1) is 39.6 Å². The Kier molecular flexibility index (Phi) is 17.6. The van der Waals surface area contributed by atoms with Crippen molar-refractivity contribution in [3.8, 4) is 0 Å². The quantitative estimate of drug-likeness (QED) is 0.0508. The summed E-state index contributed by atoms with van der Waals surface area (Å²) in [7, 11) is 0. The van der Waals surface area contributed by atoms with Crippen LogP contribution in [0.15, 0.2) is 0 Å². The van der Waals surface area contributed by atoms with E-state index < -0.39 is 224 Å². The van der Waals surface area contributed by atoms with E-state index in [2.05, 4.69) is 0 Å². The van der Waals surface area contributed by atoms with Gasteiger partial charge < -0.3 is 154 Å². The van der Waals surface area contributed by atoms with Gasteiger partial charge in [0.15, 0.2) is 6.29 Å². The molecule has 31 heteroatoms. The maximum Gasteiger partial charge on any atom is 0.224 e. The molecule has 25 unspecified atom stereocenters. The molecule has 0 amide bonds. The highest BCUT2D eigenvalue weighted by atomic mass is 16.8. The van der Waals surface area contributed by atoms with Gasteiger partial charge in [0, 0.05) is 0 Å². The minimum Gasteiger partial charge on any atom is -0.394 e. The summed E-state index contributed by atoms with van der Waals surface area (Å²) in [5.74, 6) is -12.6. The van der Waals surface area contributed by atoms with E-state index in [4.69, 9.17) is 52.1 Å². The van der Waals surface area contributed by atoms with Crippen LogP contribution >= 0.6 is 0 Å². The summed E-state index contributed by atoms with van der Waals surface area (Å²) in [4.78, 5) is 0. The third-order valence-corrected chi connectivity index (χ3v) is 12.9. The van der Waals surface area contributed by atoms with Crippen LogP contribution in [-0.2, 0) is 52.1 Å². The molecule has 0 aromatic carbocycles. The molecule has 25 atom stereocenters. The van der Waals surface area contributed by atoms with Crippen LogP contribution in [0.25, 0.3) is 0 Å². The first kappa shape index (κ1) is 55.1. The molecule has 392 valence electrons. The number of rotatable bonds is 21. The molecular weight excluding hydrogens is 928 g/mol. The second-order valence-corrected chi connectivity index (χ2v) is 17.1. The van der Waals surface area contributed by atoms with E-state index in [0.717, 1.165) is 0 Å². The summed E-state index contributed by atoms with van der Waals surface area (Å²) in [6, 6.07) is 0. The van der Waals surface area contributed by atoms with Gasteiger partial charge in [-0.05, 0) is 0 Å². The van der Waals surface area contributed by atoms with Crippen molar-refractivity contribution >= 4 is 0 Å². The van der Waals surface area contributed by atoms with E-state index in [0.29, 0.717) is 0 Å². The largest absolute Gasteiger partial charge is 0.394 e. The van der Waals surface area contributed by atoms with Crippen LogP contribution in [-0.4, -0.2) is 326 Å². The maximum atomic E-state index is 11.0. The van der Waals surface area contributed by atoms with Crippen molar-refractivity contribution in [3.05, 3.63) is 0 Å². The molecule has 0 bridgehead atoms. The predicted molar refractivity (Wildman–Crippen MR) is 199 cm³/mol. The van der Waals surface area contributed by atoms with Gasteiger partial charge in [-0.2, -0.15) is 0 Å². The van der Waals surface area contributed by atoms with E-state index in [1.54, 1.807) is 0 Å². The van der Waals surface area contributed by atoms with Crippen LogP contribution in [0, 0.1) is 0 Å². The standard InChI is InChI=1S/C36H62O31/c37-1-12-18(44)24(50)25(51)31(61-12)67-36(11-43)30(56)23(49)17(66-36)6-60-35(10-42)29(55)22(48)16(65-35)5-59-34(9-41)28(54)21(47)15(64-34)4-58-33(8-40)27(53)20(46)14(63-33)3-57-32(7-39)26(52)19(45)13(2-38)62-32/h12-31,37-56H,1-11H2. The van der Waals surface area contributed by atoms with Crippen molar-refractivity contribution in [2.75, 3.05) is 72.7 Å². The SMILES string of the molecule is OCC1OC(OC2(CO)OC(COC3(CO)OC(COC4(CO)OC(COC5(CO)OC(COC6(CO)OC(CO)C(O)C6O)C(O)C5O)C(O)C4O)C(O)C3O)C(O)C2O)C(O)C(O)C1O. The molecule has 0 radical (unpaired) electrons. The van der Waals surface area contributed by atoms with Crippen molar-refractivity contribution in [2.45, 2.75) is 151 Å². The smallest absolute Gasteiger partial charge is 0.224 e. The van der Waals surface area contributed by atoms with Gasteiger partial charge in [-0.1, -0.05) is 0 Å². The van der Waals surface area contributed by atoms with Gasteiger partial charge in [-0.3, -0.25) is 0 Å². The molecule has 6 heterocycles. The minimum absolute atomic E-state index is 0.775. The Morgan fingerprint density at radius 2 is 0.567 bits per heavy atom. The van der Waals surface area contributed by atoms with Crippen molar-refractivity contribution in [3.63, 3.8) is 0 Å². The molecule has 0 saturated carbocycles. The van der Waals surface area contributed by atoms with E-state index in [9.17, 15) is 102 Å². The van der Waals surface area contributed by atoms with Gasteiger partial charge in [0.25, 0.3) is 0 Å². The van der Waals surface area contributed by atoms with E-state index >= 15 is 0 Å². The zero-order valence-electron chi connectivity index (χ0n) is 35.3. The van der Waals surface area contributed by atoms with Gasteiger partial charge in [-0.15, -0.1) is 0 Å². The van der Waals surface area contributed by atoms with Gasteiger partial charge >= 0.3 is 0 Å². The molecule has 31 nitrogen and oxygen atoms in total. The maximum absolute atomic E-state index is 11.0.